The standard InChI is InChI=1S/C18H21N3O5/c1-25-13-5-6-14(16(8-13)26-2)21-17(22)9-15(18(23)24)20-11-12-4-3-7-19-10-12/h3-8,10,15,20H,9,11H2,1-2H3,(H,21,22)(H,23,24). The molecule has 0 radical (unpaired) electrons. The number of hydrogen-bond donors (Lipinski definition) is 3. The number of anilines is 1. The van der Waals surface area contributed by atoms with E-state index in [9.17, 15) is 14.7 Å². The molecule has 3 N–H and O–H groups in total. The van der Waals surface area contributed by atoms with Gasteiger partial charge in [0.05, 0.1) is 26.3 Å². The number of rotatable bonds is 9. The van der Waals surface area contributed by atoms with Gasteiger partial charge in [-0.15, -0.1) is 0 Å². The molecule has 1 aromatic heterocycles. The summed E-state index contributed by atoms with van der Waals surface area (Å²) in [7, 11) is 3.00. The number of benzene rings is 1. The van der Waals surface area contributed by atoms with Crippen molar-refractivity contribution in [2.75, 3.05) is 19.5 Å². The Labute approximate surface area is 151 Å². The van der Waals surface area contributed by atoms with Crippen molar-refractivity contribution in [2.45, 2.75) is 19.0 Å². The van der Waals surface area contributed by atoms with E-state index in [2.05, 4.69) is 15.6 Å². The quantitative estimate of drug-likeness (QED) is 0.625. The Balaban J connectivity index is 1.98. The molecule has 1 aromatic carbocycles. The maximum atomic E-state index is 12.2. The highest BCUT2D eigenvalue weighted by atomic mass is 16.5. The molecule has 1 atom stereocenters. The predicted molar refractivity (Wildman–Crippen MR) is 95.3 cm³/mol. The number of aliphatic carboxylic acids is 1. The summed E-state index contributed by atoms with van der Waals surface area (Å²) in [4.78, 5) is 27.6. The lowest BCUT2D eigenvalue weighted by atomic mass is 10.1. The Hall–Kier alpha value is -3.13. The van der Waals surface area contributed by atoms with Crippen molar-refractivity contribution in [3.8, 4) is 11.5 Å². The number of carbonyl (C=O) groups is 2. The first kappa shape index (κ1) is 19.2. The van der Waals surface area contributed by atoms with Crippen molar-refractivity contribution in [1.29, 1.82) is 0 Å². The van der Waals surface area contributed by atoms with Crippen LogP contribution in [0.4, 0.5) is 5.69 Å². The van der Waals surface area contributed by atoms with Gasteiger partial charge in [-0.1, -0.05) is 6.07 Å². The summed E-state index contributed by atoms with van der Waals surface area (Å²) in [5, 5.41) is 14.8. The van der Waals surface area contributed by atoms with E-state index in [0.717, 1.165) is 5.56 Å². The smallest absolute Gasteiger partial charge is 0.321 e. The van der Waals surface area contributed by atoms with Gasteiger partial charge in [-0.2, -0.15) is 0 Å². The van der Waals surface area contributed by atoms with E-state index >= 15 is 0 Å². The zero-order chi connectivity index (χ0) is 18.9. The molecule has 0 aliphatic heterocycles. The van der Waals surface area contributed by atoms with Gasteiger partial charge in [0.25, 0.3) is 0 Å². The van der Waals surface area contributed by atoms with Crippen LogP contribution in [0.15, 0.2) is 42.7 Å². The number of carboxylic acid groups (broad SMARTS) is 1. The fraction of sp³-hybridized carbons (Fsp3) is 0.278. The van der Waals surface area contributed by atoms with Gasteiger partial charge >= 0.3 is 5.97 Å². The molecule has 138 valence electrons. The molecule has 1 amide bonds. The number of pyridine rings is 1. The average Bonchev–Trinajstić information content (AvgIpc) is 2.66. The van der Waals surface area contributed by atoms with E-state index in [-0.39, 0.29) is 6.42 Å². The third-order valence-electron chi connectivity index (χ3n) is 3.65. The lowest BCUT2D eigenvalue weighted by Crippen LogP contribution is -2.39. The third-order valence-corrected chi connectivity index (χ3v) is 3.65. The van der Waals surface area contributed by atoms with Crippen LogP contribution in [0.3, 0.4) is 0 Å². The minimum Gasteiger partial charge on any atom is -0.497 e. The molecular formula is C18H21N3O5. The number of hydrogen-bond acceptors (Lipinski definition) is 6. The fourth-order valence-electron chi connectivity index (χ4n) is 2.28. The molecule has 0 saturated carbocycles. The summed E-state index contributed by atoms with van der Waals surface area (Å²) in [5.41, 5.74) is 1.27. The monoisotopic (exact) mass is 359 g/mol. The Kier molecular flexibility index (Phi) is 6.92. The molecule has 2 rings (SSSR count). The SMILES string of the molecule is COc1ccc(NC(=O)CC(NCc2cccnc2)C(=O)O)c(OC)c1. The highest BCUT2D eigenvalue weighted by Crippen LogP contribution is 2.29. The van der Waals surface area contributed by atoms with Crippen molar-refractivity contribution >= 4 is 17.6 Å². The maximum absolute atomic E-state index is 12.2. The topological polar surface area (TPSA) is 110 Å². The summed E-state index contributed by atoms with van der Waals surface area (Å²) in [6, 6.07) is 7.49. The third kappa shape index (κ3) is 5.45. The molecule has 0 bridgehead atoms. The van der Waals surface area contributed by atoms with E-state index < -0.39 is 17.9 Å². The first-order chi connectivity index (χ1) is 12.5. The van der Waals surface area contributed by atoms with Crippen molar-refractivity contribution in [3.63, 3.8) is 0 Å². The second kappa shape index (κ2) is 9.38. The Bertz CT molecular complexity index is 752. The van der Waals surface area contributed by atoms with Crippen LogP contribution in [-0.2, 0) is 16.1 Å². The van der Waals surface area contributed by atoms with Crippen LogP contribution in [0.25, 0.3) is 0 Å². The van der Waals surface area contributed by atoms with Gasteiger partial charge in [0.15, 0.2) is 0 Å². The van der Waals surface area contributed by atoms with Crippen LogP contribution in [0.5, 0.6) is 11.5 Å². The zero-order valence-corrected chi connectivity index (χ0v) is 14.6. The lowest BCUT2D eigenvalue weighted by molar-refractivity contribution is -0.141. The molecule has 0 aliphatic carbocycles. The highest BCUT2D eigenvalue weighted by Gasteiger charge is 2.21. The number of ether oxygens (including phenoxy) is 2. The van der Waals surface area contributed by atoms with Crippen LogP contribution >= 0.6 is 0 Å². The summed E-state index contributed by atoms with van der Waals surface area (Å²) in [6.45, 7) is 0.296. The molecule has 1 heterocycles. The van der Waals surface area contributed by atoms with E-state index in [0.29, 0.717) is 23.7 Å². The van der Waals surface area contributed by atoms with Crippen LogP contribution in [0.2, 0.25) is 0 Å². The number of carboxylic acids is 1. The number of carbonyl (C=O) groups excluding carboxylic acids is 1. The van der Waals surface area contributed by atoms with Gasteiger partial charge in [-0.05, 0) is 23.8 Å². The summed E-state index contributed by atoms with van der Waals surface area (Å²) in [6.07, 6.45) is 3.03. The summed E-state index contributed by atoms with van der Waals surface area (Å²) >= 11 is 0. The first-order valence-corrected chi connectivity index (χ1v) is 7.90. The predicted octanol–water partition coefficient (Wildman–Crippen LogP) is 1.67. The Morgan fingerprint density at radius 2 is 2.04 bits per heavy atom. The van der Waals surface area contributed by atoms with Crippen LogP contribution in [0, 0.1) is 0 Å². The lowest BCUT2D eigenvalue weighted by Gasteiger charge is -2.16. The molecule has 0 fully saturated rings. The summed E-state index contributed by atoms with van der Waals surface area (Å²) < 4.78 is 10.3. The van der Waals surface area contributed by atoms with E-state index in [1.165, 1.54) is 14.2 Å². The van der Waals surface area contributed by atoms with E-state index in [1.54, 1.807) is 36.7 Å². The molecule has 8 nitrogen and oxygen atoms in total. The maximum Gasteiger partial charge on any atom is 0.321 e. The molecule has 0 saturated heterocycles. The Morgan fingerprint density at radius 1 is 1.23 bits per heavy atom. The number of aromatic nitrogens is 1. The zero-order valence-electron chi connectivity index (χ0n) is 14.6. The number of methoxy groups -OCH3 is 2. The molecule has 8 heteroatoms. The second-order valence-electron chi connectivity index (χ2n) is 5.45. The molecule has 2 aromatic rings. The van der Waals surface area contributed by atoms with Gasteiger partial charge in [-0.3, -0.25) is 19.9 Å². The molecular weight excluding hydrogens is 338 g/mol. The number of nitrogens with zero attached hydrogens (tertiary/aromatic N) is 1. The van der Waals surface area contributed by atoms with Crippen LogP contribution < -0.4 is 20.1 Å². The molecule has 1 unspecified atom stereocenters. The minimum atomic E-state index is -1.11. The van der Waals surface area contributed by atoms with E-state index in [1.807, 2.05) is 6.07 Å². The first-order valence-electron chi connectivity index (χ1n) is 7.90. The van der Waals surface area contributed by atoms with E-state index in [4.69, 9.17) is 9.47 Å². The minimum absolute atomic E-state index is 0.231. The van der Waals surface area contributed by atoms with Gasteiger partial charge in [-0.25, -0.2) is 0 Å². The van der Waals surface area contributed by atoms with Crippen LogP contribution in [0.1, 0.15) is 12.0 Å². The summed E-state index contributed by atoms with van der Waals surface area (Å²) in [5.74, 6) is -0.542. The van der Waals surface area contributed by atoms with Crippen molar-refractivity contribution in [1.82, 2.24) is 10.3 Å². The fourth-order valence-corrected chi connectivity index (χ4v) is 2.28. The second-order valence-corrected chi connectivity index (χ2v) is 5.45. The molecule has 26 heavy (non-hydrogen) atoms. The molecule has 0 spiro atoms. The van der Waals surface area contributed by atoms with Gasteiger partial charge in [0, 0.05) is 25.0 Å². The number of nitrogens with one attached hydrogen (secondary N) is 2. The van der Waals surface area contributed by atoms with Gasteiger partial charge in [0.2, 0.25) is 5.91 Å². The highest BCUT2D eigenvalue weighted by molar-refractivity contribution is 5.95. The normalized spacial score (nSPS) is 11.5. The van der Waals surface area contributed by atoms with Crippen molar-refractivity contribution in [2.24, 2.45) is 0 Å². The molecule has 0 aliphatic rings. The number of amides is 1. The van der Waals surface area contributed by atoms with Crippen molar-refractivity contribution in [3.05, 3.63) is 48.3 Å². The van der Waals surface area contributed by atoms with Gasteiger partial charge in [0.1, 0.15) is 17.5 Å². The Morgan fingerprint density at radius 3 is 2.65 bits per heavy atom. The average molecular weight is 359 g/mol. The van der Waals surface area contributed by atoms with Crippen LogP contribution in [-0.4, -0.2) is 42.2 Å². The largest absolute Gasteiger partial charge is 0.497 e. The van der Waals surface area contributed by atoms with Gasteiger partial charge < -0.3 is 19.9 Å². The van der Waals surface area contributed by atoms with Crippen molar-refractivity contribution < 1.29 is 24.2 Å².